The van der Waals surface area contributed by atoms with Crippen molar-refractivity contribution in [1.82, 2.24) is 15.2 Å². The fourth-order valence-electron chi connectivity index (χ4n) is 2.48. The van der Waals surface area contributed by atoms with Gasteiger partial charge in [0.15, 0.2) is 0 Å². The van der Waals surface area contributed by atoms with Crippen LogP contribution in [0.25, 0.3) is 0 Å². The van der Waals surface area contributed by atoms with E-state index in [1.807, 2.05) is 43.3 Å². The molecule has 24 heavy (non-hydrogen) atoms. The average Bonchev–Trinajstić information content (AvgIpc) is 2.60. The Morgan fingerprint density at radius 3 is 2.75 bits per heavy atom. The van der Waals surface area contributed by atoms with E-state index in [9.17, 15) is 4.79 Å². The number of hydrogen-bond acceptors (Lipinski definition) is 3. The first-order valence-corrected chi connectivity index (χ1v) is 8.36. The van der Waals surface area contributed by atoms with Gasteiger partial charge in [-0.05, 0) is 36.2 Å². The lowest BCUT2D eigenvalue weighted by Crippen LogP contribution is -2.43. The van der Waals surface area contributed by atoms with E-state index in [0.717, 1.165) is 17.7 Å². The molecule has 0 aliphatic heterocycles. The Morgan fingerprint density at radius 2 is 2.12 bits per heavy atom. The fourth-order valence-corrected chi connectivity index (χ4v) is 2.68. The maximum atomic E-state index is 12.6. The van der Waals surface area contributed by atoms with E-state index in [-0.39, 0.29) is 12.6 Å². The van der Waals surface area contributed by atoms with Gasteiger partial charge < -0.3 is 15.3 Å². The Kier molecular flexibility index (Phi) is 7.03. The van der Waals surface area contributed by atoms with Crippen LogP contribution >= 0.6 is 11.6 Å². The molecule has 1 unspecified atom stereocenters. The van der Waals surface area contributed by atoms with Crippen LogP contribution in [0.4, 0.5) is 4.79 Å². The summed E-state index contributed by atoms with van der Waals surface area (Å²) in [5, 5.41) is 12.8. The Labute approximate surface area is 147 Å². The van der Waals surface area contributed by atoms with Gasteiger partial charge in [-0.25, -0.2) is 4.79 Å². The summed E-state index contributed by atoms with van der Waals surface area (Å²) in [6.45, 7) is 2.80. The van der Waals surface area contributed by atoms with Gasteiger partial charge in [-0.2, -0.15) is 0 Å². The summed E-state index contributed by atoms with van der Waals surface area (Å²) in [4.78, 5) is 18.6. The first-order valence-electron chi connectivity index (χ1n) is 7.98. The zero-order chi connectivity index (χ0) is 17.4. The highest BCUT2D eigenvalue weighted by Crippen LogP contribution is 2.23. The minimum Gasteiger partial charge on any atom is -0.395 e. The normalized spacial score (nSPS) is 11.8. The van der Waals surface area contributed by atoms with E-state index in [1.54, 1.807) is 17.2 Å². The minimum absolute atomic E-state index is 0.0706. The van der Waals surface area contributed by atoms with E-state index in [0.29, 0.717) is 18.1 Å². The molecule has 0 aliphatic carbocycles. The first kappa shape index (κ1) is 18.2. The average molecular weight is 348 g/mol. The number of benzene rings is 1. The molecule has 5 nitrogen and oxygen atoms in total. The Balaban J connectivity index is 2.28. The number of aliphatic hydroxyl groups excluding tert-OH is 1. The molecular weight excluding hydrogens is 326 g/mol. The lowest BCUT2D eigenvalue weighted by atomic mass is 10.0. The topological polar surface area (TPSA) is 65.5 Å². The van der Waals surface area contributed by atoms with Crippen LogP contribution in [0.2, 0.25) is 5.02 Å². The molecule has 2 N–H and O–H groups in total. The predicted molar refractivity (Wildman–Crippen MR) is 95.0 cm³/mol. The van der Waals surface area contributed by atoms with Crippen molar-refractivity contribution in [1.29, 1.82) is 0 Å². The molecule has 6 heteroatoms. The number of rotatable bonds is 7. The summed E-state index contributed by atoms with van der Waals surface area (Å²) in [7, 11) is 0. The van der Waals surface area contributed by atoms with Crippen LogP contribution in [0.5, 0.6) is 0 Å². The first-order chi connectivity index (χ1) is 11.7. The van der Waals surface area contributed by atoms with Crippen LogP contribution in [-0.2, 0) is 0 Å². The smallest absolute Gasteiger partial charge is 0.318 e. The summed E-state index contributed by atoms with van der Waals surface area (Å²) in [5.74, 6) is 0. The van der Waals surface area contributed by atoms with Gasteiger partial charge in [0.05, 0.1) is 18.3 Å². The highest BCUT2D eigenvalue weighted by Gasteiger charge is 2.21. The van der Waals surface area contributed by atoms with Gasteiger partial charge in [-0.1, -0.05) is 36.7 Å². The molecule has 0 saturated heterocycles. The number of nitrogens with zero attached hydrogens (tertiary/aromatic N) is 2. The zero-order valence-electron chi connectivity index (χ0n) is 13.7. The third-order valence-electron chi connectivity index (χ3n) is 3.58. The van der Waals surface area contributed by atoms with Crippen molar-refractivity contribution in [2.45, 2.75) is 19.4 Å². The number of halogens is 1. The van der Waals surface area contributed by atoms with E-state index in [1.165, 1.54) is 0 Å². The quantitative estimate of drug-likeness (QED) is 0.808. The van der Waals surface area contributed by atoms with Gasteiger partial charge >= 0.3 is 6.03 Å². The molecule has 0 radical (unpaired) electrons. The van der Waals surface area contributed by atoms with Gasteiger partial charge in [0, 0.05) is 24.3 Å². The molecule has 128 valence electrons. The number of carbonyl (C=O) groups is 1. The summed E-state index contributed by atoms with van der Waals surface area (Å²) < 4.78 is 0. The van der Waals surface area contributed by atoms with Gasteiger partial charge in [-0.3, -0.25) is 4.98 Å². The van der Waals surface area contributed by atoms with Crippen LogP contribution in [0.15, 0.2) is 48.7 Å². The molecule has 1 heterocycles. The molecule has 0 bridgehead atoms. The van der Waals surface area contributed by atoms with Crippen molar-refractivity contribution in [3.8, 4) is 0 Å². The second kappa shape index (κ2) is 9.25. The van der Waals surface area contributed by atoms with Crippen LogP contribution in [0.1, 0.15) is 30.6 Å². The molecule has 1 aromatic carbocycles. The maximum Gasteiger partial charge on any atom is 0.318 e. The third kappa shape index (κ3) is 4.94. The van der Waals surface area contributed by atoms with Gasteiger partial charge in [0.1, 0.15) is 0 Å². The number of aromatic nitrogens is 1. The third-order valence-corrected chi connectivity index (χ3v) is 3.82. The monoisotopic (exact) mass is 347 g/mol. The highest BCUT2D eigenvalue weighted by molar-refractivity contribution is 6.30. The molecule has 2 rings (SSSR count). The van der Waals surface area contributed by atoms with E-state index in [4.69, 9.17) is 16.7 Å². The molecular formula is C18H22ClN3O2. The van der Waals surface area contributed by atoms with E-state index < -0.39 is 6.04 Å². The summed E-state index contributed by atoms with van der Waals surface area (Å²) in [6, 6.07) is 12.3. The molecule has 2 aromatic rings. The standard InChI is InChI=1S/C18H22ClN3O2/c1-2-10-22(11-12-23)18(24)21-17(16-8-3-4-9-20-16)14-6-5-7-15(19)13-14/h3-9,13,17,23H,2,10-12H2,1H3,(H,21,24). The van der Waals surface area contributed by atoms with Crippen molar-refractivity contribution in [3.05, 3.63) is 64.9 Å². The number of nitrogens with one attached hydrogen (secondary N) is 1. The van der Waals surface area contributed by atoms with E-state index in [2.05, 4.69) is 10.3 Å². The minimum atomic E-state index is -0.407. The molecule has 1 atom stereocenters. The summed E-state index contributed by atoms with van der Waals surface area (Å²) in [5.41, 5.74) is 1.59. The predicted octanol–water partition coefficient (Wildman–Crippen LogP) is 3.24. The summed E-state index contributed by atoms with van der Waals surface area (Å²) in [6.07, 6.45) is 2.51. The Morgan fingerprint density at radius 1 is 1.29 bits per heavy atom. The molecule has 0 spiro atoms. The van der Waals surface area contributed by atoms with Crippen molar-refractivity contribution in [3.63, 3.8) is 0 Å². The number of amides is 2. The summed E-state index contributed by atoms with van der Waals surface area (Å²) >= 11 is 6.10. The zero-order valence-corrected chi connectivity index (χ0v) is 14.4. The van der Waals surface area contributed by atoms with Crippen molar-refractivity contribution in [2.75, 3.05) is 19.7 Å². The Bertz CT molecular complexity index is 646. The number of pyridine rings is 1. The van der Waals surface area contributed by atoms with Crippen LogP contribution in [0, 0.1) is 0 Å². The number of urea groups is 1. The van der Waals surface area contributed by atoms with Crippen molar-refractivity contribution in [2.24, 2.45) is 0 Å². The number of aliphatic hydroxyl groups is 1. The van der Waals surface area contributed by atoms with Crippen molar-refractivity contribution >= 4 is 17.6 Å². The van der Waals surface area contributed by atoms with Crippen molar-refractivity contribution < 1.29 is 9.90 Å². The fraction of sp³-hybridized carbons (Fsp3) is 0.333. The number of hydrogen-bond donors (Lipinski definition) is 2. The van der Waals surface area contributed by atoms with Gasteiger partial charge in [-0.15, -0.1) is 0 Å². The second-order valence-corrected chi connectivity index (χ2v) is 5.84. The second-order valence-electron chi connectivity index (χ2n) is 5.40. The van der Waals surface area contributed by atoms with Crippen LogP contribution in [-0.4, -0.2) is 40.7 Å². The highest BCUT2D eigenvalue weighted by atomic mass is 35.5. The largest absolute Gasteiger partial charge is 0.395 e. The number of carbonyl (C=O) groups excluding carboxylic acids is 1. The molecule has 0 fully saturated rings. The molecule has 0 aliphatic rings. The lowest BCUT2D eigenvalue weighted by molar-refractivity contribution is 0.175. The van der Waals surface area contributed by atoms with E-state index >= 15 is 0 Å². The molecule has 1 aromatic heterocycles. The van der Waals surface area contributed by atoms with Crippen LogP contribution < -0.4 is 5.32 Å². The maximum absolute atomic E-state index is 12.6. The molecule has 2 amide bonds. The molecule has 0 saturated carbocycles. The Hall–Kier alpha value is -2.11. The lowest BCUT2D eigenvalue weighted by Gasteiger charge is -2.26. The van der Waals surface area contributed by atoms with Gasteiger partial charge in [0.25, 0.3) is 0 Å². The SMILES string of the molecule is CCCN(CCO)C(=O)NC(c1cccc(Cl)c1)c1ccccn1. The van der Waals surface area contributed by atoms with Crippen LogP contribution in [0.3, 0.4) is 0 Å². The van der Waals surface area contributed by atoms with Gasteiger partial charge in [0.2, 0.25) is 0 Å².